The summed E-state index contributed by atoms with van der Waals surface area (Å²) < 4.78 is 1.92. The molecule has 0 saturated heterocycles. The van der Waals surface area contributed by atoms with Gasteiger partial charge in [-0.2, -0.15) is 0 Å². The standard InChI is InChI=1S/C14H10Cl2N2OS/c15-12-2-1-9(6-13(12)16)5-11(19)7-10-8-18-3-4-20-14(18)17-10/h1-4,6,8H,5,7H2. The van der Waals surface area contributed by atoms with Crippen LogP contribution in [-0.2, 0) is 17.6 Å². The third-order valence-corrected chi connectivity index (χ3v) is 4.42. The van der Waals surface area contributed by atoms with Crippen LogP contribution in [0.4, 0.5) is 0 Å². The van der Waals surface area contributed by atoms with Gasteiger partial charge >= 0.3 is 0 Å². The van der Waals surface area contributed by atoms with Crippen LogP contribution in [0.1, 0.15) is 11.3 Å². The summed E-state index contributed by atoms with van der Waals surface area (Å²) in [6, 6.07) is 5.25. The van der Waals surface area contributed by atoms with Crippen LogP contribution in [0.5, 0.6) is 0 Å². The van der Waals surface area contributed by atoms with Crippen molar-refractivity contribution < 1.29 is 4.79 Å². The van der Waals surface area contributed by atoms with Crippen LogP contribution in [0.25, 0.3) is 4.96 Å². The van der Waals surface area contributed by atoms with Gasteiger partial charge in [-0.3, -0.25) is 9.20 Å². The summed E-state index contributed by atoms with van der Waals surface area (Å²) in [7, 11) is 0. The van der Waals surface area contributed by atoms with Gasteiger partial charge in [0.1, 0.15) is 5.78 Å². The van der Waals surface area contributed by atoms with Gasteiger partial charge < -0.3 is 0 Å². The first kappa shape index (κ1) is 13.6. The van der Waals surface area contributed by atoms with E-state index in [1.807, 2.05) is 28.2 Å². The minimum absolute atomic E-state index is 0.106. The first-order chi connectivity index (χ1) is 9.61. The summed E-state index contributed by atoms with van der Waals surface area (Å²) in [5, 5.41) is 2.93. The average molecular weight is 325 g/mol. The second-order valence-electron chi connectivity index (χ2n) is 4.47. The highest BCUT2D eigenvalue weighted by molar-refractivity contribution is 7.15. The van der Waals surface area contributed by atoms with Gasteiger partial charge in [0.05, 0.1) is 22.2 Å². The SMILES string of the molecule is O=C(Cc1ccc(Cl)c(Cl)c1)Cc1cn2ccsc2n1. The third kappa shape index (κ3) is 2.87. The zero-order chi connectivity index (χ0) is 14.1. The Morgan fingerprint density at radius 2 is 2.10 bits per heavy atom. The maximum Gasteiger partial charge on any atom is 0.193 e. The Morgan fingerprint density at radius 3 is 2.85 bits per heavy atom. The number of benzene rings is 1. The molecule has 0 saturated carbocycles. The lowest BCUT2D eigenvalue weighted by Gasteiger charge is -2.02. The molecule has 0 amide bonds. The molecule has 3 aromatic rings. The summed E-state index contributed by atoms with van der Waals surface area (Å²) in [4.78, 5) is 17.4. The number of aromatic nitrogens is 2. The predicted molar refractivity (Wildman–Crippen MR) is 81.9 cm³/mol. The molecule has 6 heteroatoms. The molecule has 0 aliphatic carbocycles. The Morgan fingerprint density at radius 1 is 1.25 bits per heavy atom. The number of hydrogen-bond acceptors (Lipinski definition) is 3. The fourth-order valence-corrected chi connectivity index (χ4v) is 3.04. The Labute approximate surface area is 129 Å². The minimum atomic E-state index is 0.106. The number of rotatable bonds is 4. The highest BCUT2D eigenvalue weighted by Gasteiger charge is 2.10. The number of imidazole rings is 1. The van der Waals surface area contributed by atoms with E-state index >= 15 is 0 Å². The molecule has 0 unspecified atom stereocenters. The lowest BCUT2D eigenvalue weighted by atomic mass is 10.1. The van der Waals surface area contributed by atoms with Crippen LogP contribution >= 0.6 is 34.5 Å². The summed E-state index contributed by atoms with van der Waals surface area (Å²) >= 11 is 13.3. The molecular weight excluding hydrogens is 315 g/mol. The van der Waals surface area contributed by atoms with E-state index in [0.717, 1.165) is 16.2 Å². The second kappa shape index (κ2) is 5.56. The van der Waals surface area contributed by atoms with E-state index in [1.54, 1.807) is 23.5 Å². The molecule has 0 radical (unpaired) electrons. The van der Waals surface area contributed by atoms with Crippen molar-refractivity contribution in [1.29, 1.82) is 0 Å². The molecule has 2 aromatic heterocycles. The van der Waals surface area contributed by atoms with Crippen LogP contribution < -0.4 is 0 Å². The molecule has 0 aliphatic rings. The van der Waals surface area contributed by atoms with Crippen molar-refractivity contribution in [2.75, 3.05) is 0 Å². The van der Waals surface area contributed by atoms with Crippen molar-refractivity contribution in [2.45, 2.75) is 12.8 Å². The summed E-state index contributed by atoms with van der Waals surface area (Å²) in [6.07, 6.45) is 4.48. The molecule has 0 spiro atoms. The Balaban J connectivity index is 1.70. The molecule has 2 heterocycles. The lowest BCUT2D eigenvalue weighted by Crippen LogP contribution is -2.06. The fraction of sp³-hybridized carbons (Fsp3) is 0.143. The number of halogens is 2. The highest BCUT2D eigenvalue weighted by atomic mass is 35.5. The maximum atomic E-state index is 12.1. The molecule has 102 valence electrons. The largest absolute Gasteiger partial charge is 0.299 e. The summed E-state index contributed by atoms with van der Waals surface area (Å²) in [6.45, 7) is 0. The van der Waals surface area contributed by atoms with Gasteiger partial charge in [-0.1, -0.05) is 29.3 Å². The quantitative estimate of drug-likeness (QED) is 0.725. The zero-order valence-corrected chi connectivity index (χ0v) is 12.7. The van der Waals surface area contributed by atoms with Crippen LogP contribution in [0.2, 0.25) is 10.0 Å². The van der Waals surface area contributed by atoms with E-state index in [4.69, 9.17) is 23.2 Å². The van der Waals surface area contributed by atoms with E-state index in [-0.39, 0.29) is 5.78 Å². The van der Waals surface area contributed by atoms with E-state index in [0.29, 0.717) is 22.9 Å². The highest BCUT2D eigenvalue weighted by Crippen LogP contribution is 2.23. The molecular formula is C14H10Cl2N2OS. The van der Waals surface area contributed by atoms with E-state index in [9.17, 15) is 4.79 Å². The van der Waals surface area contributed by atoms with Gasteiger partial charge in [-0.15, -0.1) is 11.3 Å². The van der Waals surface area contributed by atoms with E-state index < -0.39 is 0 Å². The van der Waals surface area contributed by atoms with E-state index in [1.165, 1.54) is 0 Å². The van der Waals surface area contributed by atoms with Gasteiger partial charge in [0.25, 0.3) is 0 Å². The van der Waals surface area contributed by atoms with Crippen LogP contribution in [0, 0.1) is 0 Å². The minimum Gasteiger partial charge on any atom is -0.299 e. The van der Waals surface area contributed by atoms with Crippen molar-refractivity contribution in [3.05, 3.63) is 57.3 Å². The van der Waals surface area contributed by atoms with Gasteiger partial charge in [-0.05, 0) is 17.7 Å². The molecule has 0 fully saturated rings. The topological polar surface area (TPSA) is 34.4 Å². The first-order valence-corrected chi connectivity index (χ1v) is 7.62. The lowest BCUT2D eigenvalue weighted by molar-refractivity contribution is -0.117. The second-order valence-corrected chi connectivity index (χ2v) is 6.15. The monoisotopic (exact) mass is 324 g/mol. The molecule has 0 atom stereocenters. The number of thiazole rings is 1. The van der Waals surface area contributed by atoms with Crippen molar-refractivity contribution >= 4 is 45.3 Å². The summed E-state index contributed by atoms with van der Waals surface area (Å²) in [5.74, 6) is 0.106. The number of hydrogen-bond donors (Lipinski definition) is 0. The van der Waals surface area contributed by atoms with Gasteiger partial charge in [0.15, 0.2) is 4.96 Å². The van der Waals surface area contributed by atoms with Crippen molar-refractivity contribution in [1.82, 2.24) is 9.38 Å². The first-order valence-electron chi connectivity index (χ1n) is 5.98. The Hall–Kier alpha value is -1.36. The van der Waals surface area contributed by atoms with Crippen LogP contribution in [0.3, 0.4) is 0 Å². The van der Waals surface area contributed by atoms with E-state index in [2.05, 4.69) is 4.98 Å². The summed E-state index contributed by atoms with van der Waals surface area (Å²) in [5.41, 5.74) is 1.66. The zero-order valence-electron chi connectivity index (χ0n) is 10.3. The van der Waals surface area contributed by atoms with Gasteiger partial charge in [-0.25, -0.2) is 4.98 Å². The molecule has 0 bridgehead atoms. The molecule has 3 rings (SSSR count). The Bertz CT molecular complexity index is 750. The number of nitrogens with zero attached hydrogens (tertiary/aromatic N) is 2. The smallest absolute Gasteiger partial charge is 0.193 e. The van der Waals surface area contributed by atoms with Gasteiger partial charge in [0, 0.05) is 24.2 Å². The number of ketones is 1. The Kier molecular flexibility index (Phi) is 3.78. The molecule has 3 nitrogen and oxygen atoms in total. The van der Waals surface area contributed by atoms with Crippen LogP contribution in [0.15, 0.2) is 36.0 Å². The van der Waals surface area contributed by atoms with Crippen LogP contribution in [-0.4, -0.2) is 15.2 Å². The number of fused-ring (bicyclic) bond motifs is 1. The van der Waals surface area contributed by atoms with Crippen molar-refractivity contribution in [2.24, 2.45) is 0 Å². The number of Topliss-reactive ketones (excluding diaryl/α,β-unsaturated/α-hetero) is 1. The molecule has 20 heavy (non-hydrogen) atoms. The fourth-order valence-electron chi connectivity index (χ4n) is 2.00. The average Bonchev–Trinajstić information content (AvgIpc) is 2.94. The third-order valence-electron chi connectivity index (χ3n) is 2.91. The maximum absolute atomic E-state index is 12.1. The molecule has 1 aromatic carbocycles. The van der Waals surface area contributed by atoms with Crippen molar-refractivity contribution in [3.8, 4) is 0 Å². The number of carbonyl (C=O) groups is 1. The van der Waals surface area contributed by atoms with Gasteiger partial charge in [0.2, 0.25) is 0 Å². The molecule has 0 aliphatic heterocycles. The number of carbonyl (C=O) groups excluding carboxylic acids is 1. The normalized spacial score (nSPS) is 11.1. The molecule has 0 N–H and O–H groups in total. The predicted octanol–water partition coefficient (Wildman–Crippen LogP) is 4.06. The van der Waals surface area contributed by atoms with Crippen molar-refractivity contribution in [3.63, 3.8) is 0 Å².